The van der Waals surface area contributed by atoms with Crippen LogP contribution in [0, 0.1) is 0 Å². The summed E-state index contributed by atoms with van der Waals surface area (Å²) in [6.07, 6.45) is 3.72. The number of aromatic nitrogens is 1. The number of nitrogens with one attached hydrogen (secondary N) is 1. The van der Waals surface area contributed by atoms with Crippen LogP contribution in [-0.4, -0.2) is 37.1 Å². The van der Waals surface area contributed by atoms with Gasteiger partial charge >= 0.3 is 0 Å². The lowest BCUT2D eigenvalue weighted by molar-refractivity contribution is 0.0996. The van der Waals surface area contributed by atoms with Crippen LogP contribution in [0.1, 0.15) is 23.2 Å². The highest BCUT2D eigenvalue weighted by atomic mass is 16.5. The van der Waals surface area contributed by atoms with Crippen molar-refractivity contribution in [3.05, 3.63) is 48.2 Å². The molecular weight excluding hydrogens is 304 g/mol. The molecule has 1 aliphatic rings. The Morgan fingerprint density at radius 2 is 2.00 bits per heavy atom. The largest absolute Gasteiger partial charge is 0.480 e. The maximum absolute atomic E-state index is 11.5. The lowest BCUT2D eigenvalue weighted by atomic mass is 10.0. The zero-order chi connectivity index (χ0) is 16.9. The number of primary amides is 1. The third-order valence-electron chi connectivity index (χ3n) is 4.30. The Balaban J connectivity index is 1.62. The van der Waals surface area contributed by atoms with Gasteiger partial charge in [-0.15, -0.1) is 0 Å². The van der Waals surface area contributed by atoms with Gasteiger partial charge in [-0.1, -0.05) is 18.2 Å². The molecule has 0 radical (unpaired) electrons. The molecule has 3 rings (SSSR count). The van der Waals surface area contributed by atoms with Crippen molar-refractivity contribution in [3.63, 3.8) is 0 Å². The molecule has 6 nitrogen and oxygen atoms in total. The number of anilines is 2. The number of hydrogen-bond acceptors (Lipinski definition) is 5. The minimum Gasteiger partial charge on any atom is -0.480 e. The predicted octanol–water partition coefficient (Wildman–Crippen LogP) is 2.27. The van der Waals surface area contributed by atoms with E-state index in [2.05, 4.69) is 39.5 Å². The molecule has 0 unspecified atom stereocenters. The minimum atomic E-state index is -0.540. The van der Waals surface area contributed by atoms with Gasteiger partial charge in [0.25, 0.3) is 5.91 Å². The fraction of sp³-hybridized carbons (Fsp3) is 0.333. The molecule has 0 bridgehead atoms. The predicted molar refractivity (Wildman–Crippen MR) is 94.6 cm³/mol. The number of para-hydroxylation sites is 1. The van der Waals surface area contributed by atoms with Crippen molar-refractivity contribution in [2.75, 3.05) is 30.4 Å². The number of amides is 1. The summed E-state index contributed by atoms with van der Waals surface area (Å²) in [4.78, 5) is 18.0. The van der Waals surface area contributed by atoms with Gasteiger partial charge in [-0.3, -0.25) is 4.79 Å². The second kappa shape index (κ2) is 7.21. The number of rotatable bonds is 5. The summed E-state index contributed by atoms with van der Waals surface area (Å²) < 4.78 is 5.07. The first-order valence-corrected chi connectivity index (χ1v) is 8.07. The molecule has 1 aliphatic heterocycles. The topological polar surface area (TPSA) is 80.5 Å². The van der Waals surface area contributed by atoms with Crippen molar-refractivity contribution < 1.29 is 9.53 Å². The summed E-state index contributed by atoms with van der Waals surface area (Å²) in [6, 6.07) is 12.5. The van der Waals surface area contributed by atoms with Gasteiger partial charge in [0, 0.05) is 24.8 Å². The molecule has 1 aromatic heterocycles. The number of ether oxygens (including phenoxy) is 1. The molecule has 2 aromatic rings. The van der Waals surface area contributed by atoms with Gasteiger partial charge < -0.3 is 20.7 Å². The van der Waals surface area contributed by atoms with Crippen LogP contribution < -0.4 is 20.7 Å². The third kappa shape index (κ3) is 3.59. The van der Waals surface area contributed by atoms with E-state index in [-0.39, 0.29) is 5.88 Å². The molecule has 6 heteroatoms. The fourth-order valence-electron chi connectivity index (χ4n) is 3.03. The Morgan fingerprint density at radius 1 is 1.29 bits per heavy atom. The highest BCUT2D eigenvalue weighted by Crippen LogP contribution is 2.24. The molecule has 3 N–H and O–H groups in total. The van der Waals surface area contributed by atoms with E-state index in [4.69, 9.17) is 10.5 Å². The van der Waals surface area contributed by atoms with Crippen LogP contribution in [0.15, 0.2) is 42.6 Å². The number of carbonyl (C=O) groups is 1. The average molecular weight is 326 g/mol. The van der Waals surface area contributed by atoms with E-state index in [0.29, 0.717) is 11.6 Å². The molecule has 0 spiro atoms. The highest BCUT2D eigenvalue weighted by Gasteiger charge is 2.20. The van der Waals surface area contributed by atoms with Gasteiger partial charge in [0.15, 0.2) is 0 Å². The molecule has 2 heterocycles. The molecule has 1 amide bonds. The fourth-order valence-corrected chi connectivity index (χ4v) is 3.03. The molecule has 1 saturated heterocycles. The van der Waals surface area contributed by atoms with Crippen molar-refractivity contribution in [2.45, 2.75) is 18.9 Å². The summed E-state index contributed by atoms with van der Waals surface area (Å²) >= 11 is 0. The number of nitrogens with zero attached hydrogens (tertiary/aromatic N) is 2. The first-order chi connectivity index (χ1) is 11.7. The molecule has 1 fully saturated rings. The van der Waals surface area contributed by atoms with E-state index in [9.17, 15) is 4.79 Å². The Hall–Kier alpha value is -2.76. The number of piperidine rings is 1. The Bertz CT molecular complexity index is 697. The smallest absolute Gasteiger partial charge is 0.254 e. The van der Waals surface area contributed by atoms with E-state index in [1.165, 1.54) is 12.8 Å². The van der Waals surface area contributed by atoms with E-state index >= 15 is 0 Å². The van der Waals surface area contributed by atoms with E-state index in [0.717, 1.165) is 31.6 Å². The standard InChI is InChI=1S/C18H22N4O2/c1-24-18-16(17(19)23)11-14(12-20-18)21-13-7-9-22(10-8-13)15-5-3-2-4-6-15/h2-6,11-13,21H,7-10H2,1H3,(H2,19,23). The number of benzene rings is 1. The maximum atomic E-state index is 11.5. The number of hydrogen-bond donors (Lipinski definition) is 2. The van der Waals surface area contributed by atoms with Crippen LogP contribution in [0.2, 0.25) is 0 Å². The first-order valence-electron chi connectivity index (χ1n) is 8.07. The van der Waals surface area contributed by atoms with Gasteiger partial charge in [-0.25, -0.2) is 4.98 Å². The highest BCUT2D eigenvalue weighted by molar-refractivity contribution is 5.95. The Kier molecular flexibility index (Phi) is 4.84. The van der Waals surface area contributed by atoms with Gasteiger partial charge in [0.1, 0.15) is 5.56 Å². The molecule has 0 aliphatic carbocycles. The normalized spacial score (nSPS) is 15.1. The van der Waals surface area contributed by atoms with Gasteiger partial charge in [0.2, 0.25) is 5.88 Å². The minimum absolute atomic E-state index is 0.256. The second-order valence-corrected chi connectivity index (χ2v) is 5.89. The van der Waals surface area contributed by atoms with Gasteiger partial charge in [-0.05, 0) is 31.0 Å². The molecular formula is C18H22N4O2. The molecule has 1 aromatic carbocycles. The average Bonchev–Trinajstić information content (AvgIpc) is 2.63. The number of pyridine rings is 1. The quantitative estimate of drug-likeness (QED) is 0.881. The molecule has 0 atom stereocenters. The van der Waals surface area contributed by atoms with Crippen molar-refractivity contribution in [3.8, 4) is 5.88 Å². The van der Waals surface area contributed by atoms with Gasteiger partial charge in [-0.2, -0.15) is 0 Å². The van der Waals surface area contributed by atoms with Crippen LogP contribution in [0.5, 0.6) is 5.88 Å². The Labute approximate surface area is 141 Å². The van der Waals surface area contributed by atoms with Crippen molar-refractivity contribution in [2.24, 2.45) is 5.73 Å². The Morgan fingerprint density at radius 3 is 2.62 bits per heavy atom. The molecule has 24 heavy (non-hydrogen) atoms. The molecule has 126 valence electrons. The van der Waals surface area contributed by atoms with Crippen LogP contribution in [0.4, 0.5) is 11.4 Å². The van der Waals surface area contributed by atoms with Crippen molar-refractivity contribution in [1.29, 1.82) is 0 Å². The van der Waals surface area contributed by atoms with E-state index in [1.54, 1.807) is 12.3 Å². The second-order valence-electron chi connectivity index (χ2n) is 5.89. The maximum Gasteiger partial charge on any atom is 0.254 e. The first kappa shape index (κ1) is 16.1. The third-order valence-corrected chi connectivity index (χ3v) is 4.30. The zero-order valence-corrected chi connectivity index (χ0v) is 13.7. The summed E-state index contributed by atoms with van der Waals surface area (Å²) in [7, 11) is 1.47. The van der Waals surface area contributed by atoms with Crippen molar-refractivity contribution >= 4 is 17.3 Å². The van der Waals surface area contributed by atoms with Crippen LogP contribution in [0.3, 0.4) is 0 Å². The summed E-state index contributed by atoms with van der Waals surface area (Å²) in [6.45, 7) is 1.99. The monoisotopic (exact) mass is 326 g/mol. The van der Waals surface area contributed by atoms with Crippen molar-refractivity contribution in [1.82, 2.24) is 4.98 Å². The van der Waals surface area contributed by atoms with Crippen LogP contribution in [0.25, 0.3) is 0 Å². The van der Waals surface area contributed by atoms with E-state index in [1.807, 2.05) is 6.07 Å². The summed E-state index contributed by atoms with van der Waals surface area (Å²) in [5.74, 6) is -0.283. The van der Waals surface area contributed by atoms with E-state index < -0.39 is 5.91 Å². The van der Waals surface area contributed by atoms with Gasteiger partial charge in [0.05, 0.1) is 19.0 Å². The van der Waals surface area contributed by atoms with Crippen LogP contribution in [-0.2, 0) is 0 Å². The molecule has 0 saturated carbocycles. The number of nitrogens with two attached hydrogens (primary N) is 1. The zero-order valence-electron chi connectivity index (χ0n) is 13.7. The SMILES string of the molecule is COc1ncc(NC2CCN(c3ccccc3)CC2)cc1C(N)=O. The van der Waals surface area contributed by atoms with Crippen LogP contribution >= 0.6 is 0 Å². The summed E-state index contributed by atoms with van der Waals surface area (Å²) in [5, 5.41) is 3.45. The number of methoxy groups -OCH3 is 1. The number of carbonyl (C=O) groups excluding carboxylic acids is 1. The lowest BCUT2D eigenvalue weighted by Crippen LogP contribution is -2.39. The summed E-state index contributed by atoms with van der Waals surface area (Å²) in [5.41, 5.74) is 7.73. The lowest BCUT2D eigenvalue weighted by Gasteiger charge is -2.34.